The van der Waals surface area contributed by atoms with Crippen LogP contribution in [-0.2, 0) is 25.8 Å². The van der Waals surface area contributed by atoms with E-state index in [2.05, 4.69) is 4.74 Å². The predicted molar refractivity (Wildman–Crippen MR) is 89.4 cm³/mol. The second kappa shape index (κ2) is 9.09. The van der Waals surface area contributed by atoms with Gasteiger partial charge in [0, 0.05) is 12.3 Å². The highest BCUT2D eigenvalue weighted by Gasteiger charge is 2.22. The van der Waals surface area contributed by atoms with E-state index >= 15 is 0 Å². The summed E-state index contributed by atoms with van der Waals surface area (Å²) >= 11 is -2.57. The van der Waals surface area contributed by atoms with E-state index in [1.807, 2.05) is 0 Å². The Hall–Kier alpha value is -1.52. The molecular weight excluding hydrogens is 361 g/mol. The lowest BCUT2D eigenvalue weighted by Gasteiger charge is -2.21. The van der Waals surface area contributed by atoms with Crippen molar-refractivity contribution >= 4 is 32.8 Å². The van der Waals surface area contributed by atoms with Gasteiger partial charge in [0.05, 0.1) is 24.1 Å². The molecule has 1 atom stereocenters. The molecular formula is C14H20FNO6S2. The molecule has 1 rings (SSSR count). The van der Waals surface area contributed by atoms with Crippen LogP contribution in [0.4, 0.5) is 10.1 Å². The molecule has 10 heteroatoms. The number of ether oxygens (including phenoxy) is 1. The second-order valence-electron chi connectivity index (χ2n) is 4.97. The maximum absolute atomic E-state index is 14.4. The average Bonchev–Trinajstić information content (AvgIpc) is 2.51. The summed E-state index contributed by atoms with van der Waals surface area (Å²) in [6.45, 7) is 1.58. The third kappa shape index (κ3) is 5.53. The molecule has 0 heterocycles. The molecule has 1 unspecified atom stereocenters. The van der Waals surface area contributed by atoms with Crippen molar-refractivity contribution < 1.29 is 31.1 Å². The highest BCUT2D eigenvalue weighted by molar-refractivity contribution is 7.91. The van der Waals surface area contributed by atoms with Crippen molar-refractivity contribution in [1.29, 1.82) is 0 Å². The number of esters is 1. The van der Waals surface area contributed by atoms with Crippen molar-refractivity contribution in [2.24, 2.45) is 0 Å². The van der Waals surface area contributed by atoms with Crippen LogP contribution >= 0.6 is 0 Å². The molecule has 0 bridgehead atoms. The van der Waals surface area contributed by atoms with Crippen molar-refractivity contribution in [2.75, 3.05) is 29.5 Å². The molecule has 0 aliphatic carbocycles. The lowest BCUT2D eigenvalue weighted by atomic mass is 10.2. The second-order valence-corrected chi connectivity index (χ2v) is 8.17. The van der Waals surface area contributed by atoms with Gasteiger partial charge in [0.2, 0.25) is 0 Å². The minimum Gasteiger partial charge on any atom is -0.465 e. The fraction of sp³-hybridized carbons (Fsp3) is 0.500. The van der Waals surface area contributed by atoms with Gasteiger partial charge in [0.15, 0.2) is 5.82 Å². The van der Waals surface area contributed by atoms with Gasteiger partial charge in [-0.1, -0.05) is 13.0 Å². The topological polar surface area (TPSA) is 101 Å². The first-order valence-corrected chi connectivity index (χ1v) is 10.1. The van der Waals surface area contributed by atoms with Crippen LogP contribution in [0.1, 0.15) is 30.1 Å². The predicted octanol–water partition coefficient (Wildman–Crippen LogP) is 1.77. The monoisotopic (exact) mass is 381 g/mol. The number of halogens is 1. The van der Waals surface area contributed by atoms with Crippen LogP contribution in [0.3, 0.4) is 0 Å². The first kappa shape index (κ1) is 20.5. The Kier molecular flexibility index (Phi) is 7.77. The van der Waals surface area contributed by atoms with Crippen molar-refractivity contribution in [3.05, 3.63) is 29.6 Å². The first-order chi connectivity index (χ1) is 11.2. The number of hydrogen-bond acceptors (Lipinski definition) is 5. The Bertz CT molecular complexity index is 707. The molecule has 7 nitrogen and oxygen atoms in total. The third-order valence-electron chi connectivity index (χ3n) is 3.17. The van der Waals surface area contributed by atoms with Crippen LogP contribution in [0.5, 0.6) is 0 Å². The van der Waals surface area contributed by atoms with E-state index in [0.29, 0.717) is 6.42 Å². The minimum atomic E-state index is -3.25. The molecule has 1 aromatic rings. The number of hydrogen-bond donors (Lipinski definition) is 1. The molecule has 0 radical (unpaired) electrons. The van der Waals surface area contributed by atoms with Crippen molar-refractivity contribution in [1.82, 2.24) is 0 Å². The number of carbonyl (C=O) groups excluding carboxylic acids is 1. The SMILES string of the molecule is CCCS(=O)(=O)CCCN(c1cccc(C(=O)OC)c1F)S(=O)O. The van der Waals surface area contributed by atoms with E-state index in [4.69, 9.17) is 0 Å². The van der Waals surface area contributed by atoms with Crippen LogP contribution in [0.2, 0.25) is 0 Å². The molecule has 0 saturated carbocycles. The van der Waals surface area contributed by atoms with Crippen LogP contribution in [0, 0.1) is 5.82 Å². The largest absolute Gasteiger partial charge is 0.465 e. The number of carbonyl (C=O) groups is 1. The summed E-state index contributed by atoms with van der Waals surface area (Å²) in [7, 11) is -2.15. The van der Waals surface area contributed by atoms with Crippen LogP contribution in [0.15, 0.2) is 18.2 Å². The molecule has 136 valence electrons. The normalized spacial score (nSPS) is 12.7. The van der Waals surface area contributed by atoms with Gasteiger partial charge in [0.1, 0.15) is 9.84 Å². The third-order valence-corrected chi connectivity index (χ3v) is 5.87. The average molecular weight is 381 g/mol. The lowest BCUT2D eigenvalue weighted by Crippen LogP contribution is -2.29. The standard InChI is InChI=1S/C14H20FNO6S2/c1-3-9-24(20,21)10-5-8-16(23(18)19)12-7-4-6-11(13(12)15)14(17)22-2/h4,6-7H,3,5,8-10H2,1-2H3,(H,18,19). The molecule has 0 spiro atoms. The summed E-state index contributed by atoms with van der Waals surface area (Å²) in [5, 5.41) is 0. The van der Waals surface area contributed by atoms with Gasteiger partial charge in [0.25, 0.3) is 11.3 Å². The fourth-order valence-electron chi connectivity index (χ4n) is 2.10. The number of benzene rings is 1. The number of rotatable bonds is 9. The van der Waals surface area contributed by atoms with Gasteiger partial charge >= 0.3 is 5.97 Å². The summed E-state index contributed by atoms with van der Waals surface area (Å²) in [6, 6.07) is 3.77. The maximum Gasteiger partial charge on any atom is 0.340 e. The maximum atomic E-state index is 14.4. The zero-order valence-corrected chi connectivity index (χ0v) is 15.0. The minimum absolute atomic E-state index is 0.0292. The summed E-state index contributed by atoms with van der Waals surface area (Å²) < 4.78 is 63.9. The molecule has 0 aliphatic rings. The summed E-state index contributed by atoms with van der Waals surface area (Å²) in [5.41, 5.74) is -0.643. The van der Waals surface area contributed by atoms with Gasteiger partial charge in [-0.15, -0.1) is 0 Å². The van der Waals surface area contributed by atoms with Crippen LogP contribution in [-0.4, -0.2) is 48.3 Å². The molecule has 1 N–H and O–H groups in total. The van der Waals surface area contributed by atoms with Crippen molar-refractivity contribution in [2.45, 2.75) is 19.8 Å². The number of sulfone groups is 1. The Morgan fingerprint density at radius 3 is 2.58 bits per heavy atom. The van der Waals surface area contributed by atoms with E-state index in [9.17, 15) is 26.4 Å². The number of anilines is 1. The zero-order chi connectivity index (χ0) is 18.3. The zero-order valence-electron chi connectivity index (χ0n) is 13.4. The van der Waals surface area contributed by atoms with Gasteiger partial charge in [-0.05, 0) is 25.0 Å². The quantitative estimate of drug-likeness (QED) is 0.517. The fourth-order valence-corrected chi connectivity index (χ4v) is 4.09. The molecule has 0 aromatic heterocycles. The number of methoxy groups -OCH3 is 1. The Labute approximate surface area is 143 Å². The highest BCUT2D eigenvalue weighted by atomic mass is 32.2. The van der Waals surface area contributed by atoms with Gasteiger partial charge in [-0.2, -0.15) is 0 Å². The van der Waals surface area contributed by atoms with Crippen LogP contribution < -0.4 is 4.31 Å². The summed E-state index contributed by atoms with van der Waals surface area (Å²) in [6.07, 6.45) is 0.532. The lowest BCUT2D eigenvalue weighted by molar-refractivity contribution is 0.0595. The highest BCUT2D eigenvalue weighted by Crippen LogP contribution is 2.24. The molecule has 0 amide bonds. The van der Waals surface area contributed by atoms with Crippen LogP contribution in [0.25, 0.3) is 0 Å². The van der Waals surface area contributed by atoms with E-state index in [1.54, 1.807) is 6.92 Å². The van der Waals surface area contributed by atoms with Gasteiger partial charge in [-0.25, -0.2) is 21.8 Å². The van der Waals surface area contributed by atoms with Gasteiger partial charge < -0.3 is 4.74 Å². The summed E-state index contributed by atoms with van der Waals surface area (Å²) in [5.74, 6) is -2.06. The Morgan fingerprint density at radius 1 is 1.38 bits per heavy atom. The molecule has 0 aliphatic heterocycles. The van der Waals surface area contributed by atoms with E-state index < -0.39 is 32.9 Å². The Balaban J connectivity index is 2.98. The number of nitrogens with zero attached hydrogens (tertiary/aromatic N) is 1. The van der Waals surface area contributed by atoms with E-state index in [-0.39, 0.29) is 35.7 Å². The molecule has 1 aromatic carbocycles. The van der Waals surface area contributed by atoms with E-state index in [1.165, 1.54) is 18.2 Å². The molecule has 0 fully saturated rings. The van der Waals surface area contributed by atoms with Crippen molar-refractivity contribution in [3.63, 3.8) is 0 Å². The Morgan fingerprint density at radius 2 is 2.04 bits per heavy atom. The first-order valence-electron chi connectivity index (χ1n) is 7.19. The summed E-state index contributed by atoms with van der Waals surface area (Å²) in [4.78, 5) is 11.5. The smallest absolute Gasteiger partial charge is 0.340 e. The van der Waals surface area contributed by atoms with Gasteiger partial charge in [-0.3, -0.25) is 8.86 Å². The van der Waals surface area contributed by atoms with E-state index in [0.717, 1.165) is 11.4 Å². The van der Waals surface area contributed by atoms with Crippen molar-refractivity contribution in [3.8, 4) is 0 Å². The molecule has 0 saturated heterocycles. The molecule has 24 heavy (non-hydrogen) atoms.